The van der Waals surface area contributed by atoms with Crippen LogP contribution >= 0.6 is 0 Å². The number of sulfonamides is 1. The van der Waals surface area contributed by atoms with E-state index in [0.29, 0.717) is 13.1 Å². The molecular formula is C20H27NO3S. The standard InChI is InChI=1S/C20H27NO3S/c1-16(2)15-25(22,23)21(13-18-7-5-17(3)6-8-18)14-19-9-11-20(24-4)12-10-19/h5-12,16H,13-15H2,1-4H3. The summed E-state index contributed by atoms with van der Waals surface area (Å²) in [5, 5.41) is 0. The fourth-order valence-corrected chi connectivity index (χ4v) is 4.36. The molecule has 0 N–H and O–H groups in total. The van der Waals surface area contributed by atoms with Crippen LogP contribution in [0.3, 0.4) is 0 Å². The van der Waals surface area contributed by atoms with Gasteiger partial charge in [0.25, 0.3) is 0 Å². The molecule has 0 saturated heterocycles. The highest BCUT2D eigenvalue weighted by molar-refractivity contribution is 7.89. The van der Waals surface area contributed by atoms with Crippen molar-refractivity contribution in [2.45, 2.75) is 33.9 Å². The third-order valence-corrected chi connectivity index (χ3v) is 6.07. The summed E-state index contributed by atoms with van der Waals surface area (Å²) in [6, 6.07) is 15.5. The summed E-state index contributed by atoms with van der Waals surface area (Å²) in [5.41, 5.74) is 3.10. The zero-order chi connectivity index (χ0) is 18.4. The van der Waals surface area contributed by atoms with Crippen molar-refractivity contribution in [1.82, 2.24) is 4.31 Å². The highest BCUT2D eigenvalue weighted by Crippen LogP contribution is 2.19. The fraction of sp³-hybridized carbons (Fsp3) is 0.400. The third kappa shape index (κ3) is 5.87. The maximum absolute atomic E-state index is 12.8. The van der Waals surface area contributed by atoms with Gasteiger partial charge in [-0.1, -0.05) is 55.8 Å². The maximum atomic E-state index is 12.8. The van der Waals surface area contributed by atoms with Gasteiger partial charge < -0.3 is 4.74 Å². The molecule has 0 spiro atoms. The summed E-state index contributed by atoms with van der Waals surface area (Å²) in [7, 11) is -1.72. The number of rotatable bonds is 8. The van der Waals surface area contributed by atoms with Gasteiger partial charge >= 0.3 is 0 Å². The molecule has 0 aliphatic carbocycles. The van der Waals surface area contributed by atoms with Gasteiger partial charge in [0.2, 0.25) is 10.0 Å². The molecule has 0 unspecified atom stereocenters. The topological polar surface area (TPSA) is 46.6 Å². The van der Waals surface area contributed by atoms with E-state index in [-0.39, 0.29) is 11.7 Å². The first kappa shape index (κ1) is 19.5. The van der Waals surface area contributed by atoms with Crippen LogP contribution < -0.4 is 4.74 Å². The predicted molar refractivity (Wildman–Crippen MR) is 102 cm³/mol. The number of hydrogen-bond acceptors (Lipinski definition) is 3. The largest absolute Gasteiger partial charge is 0.497 e. The predicted octanol–water partition coefficient (Wildman–Crippen LogP) is 3.99. The van der Waals surface area contributed by atoms with Crippen LogP contribution in [-0.2, 0) is 23.1 Å². The van der Waals surface area contributed by atoms with E-state index in [9.17, 15) is 8.42 Å². The van der Waals surface area contributed by atoms with Gasteiger partial charge in [-0.05, 0) is 36.1 Å². The van der Waals surface area contributed by atoms with Gasteiger partial charge in [-0.2, -0.15) is 4.31 Å². The SMILES string of the molecule is COc1ccc(CN(Cc2ccc(C)cc2)S(=O)(=O)CC(C)C)cc1. The van der Waals surface area contributed by atoms with Crippen molar-refractivity contribution in [3.63, 3.8) is 0 Å². The molecule has 2 aromatic rings. The van der Waals surface area contributed by atoms with E-state index in [2.05, 4.69) is 0 Å². The lowest BCUT2D eigenvalue weighted by molar-refractivity contribution is 0.395. The molecule has 0 bridgehead atoms. The number of hydrogen-bond donors (Lipinski definition) is 0. The van der Waals surface area contributed by atoms with Crippen molar-refractivity contribution in [3.8, 4) is 5.75 Å². The molecular weight excluding hydrogens is 334 g/mol. The van der Waals surface area contributed by atoms with E-state index in [1.165, 1.54) is 0 Å². The monoisotopic (exact) mass is 361 g/mol. The van der Waals surface area contributed by atoms with Gasteiger partial charge in [0.1, 0.15) is 5.75 Å². The van der Waals surface area contributed by atoms with Crippen LogP contribution in [0.2, 0.25) is 0 Å². The van der Waals surface area contributed by atoms with Gasteiger partial charge in [0.15, 0.2) is 0 Å². The van der Waals surface area contributed by atoms with Crippen LogP contribution in [0.5, 0.6) is 5.75 Å². The molecule has 136 valence electrons. The normalized spacial score (nSPS) is 11.9. The van der Waals surface area contributed by atoms with Crippen molar-refractivity contribution < 1.29 is 13.2 Å². The first-order valence-electron chi connectivity index (χ1n) is 8.46. The highest BCUT2D eigenvalue weighted by Gasteiger charge is 2.23. The first-order valence-corrected chi connectivity index (χ1v) is 10.1. The molecule has 0 aromatic heterocycles. The van der Waals surface area contributed by atoms with E-state index in [0.717, 1.165) is 22.4 Å². The second-order valence-electron chi connectivity index (χ2n) is 6.77. The van der Waals surface area contributed by atoms with Crippen molar-refractivity contribution in [1.29, 1.82) is 0 Å². The number of methoxy groups -OCH3 is 1. The molecule has 0 amide bonds. The van der Waals surface area contributed by atoms with E-state index >= 15 is 0 Å². The minimum Gasteiger partial charge on any atom is -0.497 e. The summed E-state index contributed by atoms with van der Waals surface area (Å²) in [5.74, 6) is 0.995. The second kappa shape index (κ2) is 8.50. The molecule has 0 radical (unpaired) electrons. The van der Waals surface area contributed by atoms with Crippen LogP contribution in [0.15, 0.2) is 48.5 Å². The molecule has 0 atom stereocenters. The highest BCUT2D eigenvalue weighted by atomic mass is 32.2. The Morgan fingerprint density at radius 3 is 1.84 bits per heavy atom. The zero-order valence-electron chi connectivity index (χ0n) is 15.4. The van der Waals surface area contributed by atoms with Gasteiger partial charge in [-0.3, -0.25) is 0 Å². The summed E-state index contributed by atoms with van der Waals surface area (Å²) >= 11 is 0. The minimum absolute atomic E-state index is 0.0846. The Morgan fingerprint density at radius 2 is 1.40 bits per heavy atom. The van der Waals surface area contributed by atoms with Crippen LogP contribution in [0, 0.1) is 12.8 Å². The van der Waals surface area contributed by atoms with Gasteiger partial charge in [0.05, 0.1) is 12.9 Å². The molecule has 0 fully saturated rings. The molecule has 0 aliphatic rings. The maximum Gasteiger partial charge on any atom is 0.214 e. The summed E-state index contributed by atoms with van der Waals surface area (Å²) in [4.78, 5) is 0. The fourth-order valence-electron chi connectivity index (χ4n) is 2.61. The van der Waals surface area contributed by atoms with Crippen molar-refractivity contribution in [3.05, 3.63) is 65.2 Å². The summed E-state index contributed by atoms with van der Waals surface area (Å²) < 4.78 is 32.4. The minimum atomic E-state index is -3.34. The quantitative estimate of drug-likeness (QED) is 0.714. The Bertz CT molecular complexity index is 766. The Morgan fingerprint density at radius 1 is 0.920 bits per heavy atom. The lowest BCUT2D eigenvalue weighted by Crippen LogP contribution is -2.33. The molecule has 2 rings (SSSR count). The average molecular weight is 362 g/mol. The third-order valence-electron chi connectivity index (χ3n) is 3.93. The Kier molecular flexibility index (Phi) is 6.62. The van der Waals surface area contributed by atoms with E-state index < -0.39 is 10.0 Å². The lowest BCUT2D eigenvalue weighted by Gasteiger charge is -2.23. The molecule has 0 heterocycles. The summed E-state index contributed by atoms with van der Waals surface area (Å²) in [6.45, 7) is 6.60. The average Bonchev–Trinajstić information content (AvgIpc) is 2.55. The molecule has 5 heteroatoms. The van der Waals surface area contributed by atoms with Crippen LogP contribution in [0.4, 0.5) is 0 Å². The van der Waals surface area contributed by atoms with Crippen molar-refractivity contribution in [2.75, 3.05) is 12.9 Å². The van der Waals surface area contributed by atoms with Gasteiger partial charge in [0, 0.05) is 13.1 Å². The summed E-state index contributed by atoms with van der Waals surface area (Å²) in [6.07, 6.45) is 0. The van der Waals surface area contributed by atoms with E-state index in [1.54, 1.807) is 11.4 Å². The smallest absolute Gasteiger partial charge is 0.214 e. The van der Waals surface area contributed by atoms with Crippen molar-refractivity contribution >= 4 is 10.0 Å². The van der Waals surface area contributed by atoms with E-state index in [4.69, 9.17) is 4.74 Å². The molecule has 0 aliphatic heterocycles. The van der Waals surface area contributed by atoms with Crippen LogP contribution in [-0.4, -0.2) is 25.6 Å². The zero-order valence-corrected chi connectivity index (χ0v) is 16.2. The van der Waals surface area contributed by atoms with Crippen LogP contribution in [0.25, 0.3) is 0 Å². The number of ether oxygens (including phenoxy) is 1. The molecule has 0 saturated carbocycles. The second-order valence-corrected chi connectivity index (χ2v) is 8.79. The van der Waals surface area contributed by atoms with Gasteiger partial charge in [-0.25, -0.2) is 8.42 Å². The number of aryl methyl sites for hydroxylation is 1. The molecule has 25 heavy (non-hydrogen) atoms. The van der Waals surface area contributed by atoms with Gasteiger partial charge in [-0.15, -0.1) is 0 Å². The number of nitrogens with zero attached hydrogens (tertiary/aromatic N) is 1. The molecule has 4 nitrogen and oxygen atoms in total. The Balaban J connectivity index is 2.25. The first-order chi connectivity index (χ1) is 11.8. The van der Waals surface area contributed by atoms with Crippen molar-refractivity contribution in [2.24, 2.45) is 5.92 Å². The van der Waals surface area contributed by atoms with Crippen LogP contribution in [0.1, 0.15) is 30.5 Å². The lowest BCUT2D eigenvalue weighted by atomic mass is 10.1. The Labute approximate surface area is 151 Å². The number of benzene rings is 2. The Hall–Kier alpha value is -1.85. The molecule has 2 aromatic carbocycles. The van der Waals surface area contributed by atoms with E-state index in [1.807, 2.05) is 69.3 Å².